The molecule has 0 radical (unpaired) electrons. The molecule has 3 N–H and O–H groups in total. The highest BCUT2D eigenvalue weighted by Crippen LogP contribution is 2.12. The number of aromatic nitrogens is 3. The number of anilines is 2. The molecule has 15 heavy (non-hydrogen) atoms. The van der Waals surface area contributed by atoms with E-state index in [0.29, 0.717) is 19.0 Å². The lowest BCUT2D eigenvalue weighted by Gasteiger charge is -2.19. The lowest BCUT2D eigenvalue weighted by molar-refractivity contribution is 0.301. The van der Waals surface area contributed by atoms with Crippen LogP contribution in [0.25, 0.3) is 0 Å². The van der Waals surface area contributed by atoms with Crippen LogP contribution in [0.2, 0.25) is 0 Å². The van der Waals surface area contributed by atoms with Crippen LogP contribution in [0.4, 0.5) is 11.9 Å². The molecule has 1 aromatic rings. The molecule has 0 bridgehead atoms. The topological polar surface area (TPSA) is 97.4 Å². The summed E-state index contributed by atoms with van der Waals surface area (Å²) in [5.41, 5.74) is 5.49. The molecule has 7 heteroatoms. The largest absolute Gasteiger partial charge is 0.467 e. The summed E-state index contributed by atoms with van der Waals surface area (Å²) in [5, 5.41) is 8.85. The predicted octanol–water partition coefficient (Wildman–Crippen LogP) is -0.719. The minimum Gasteiger partial charge on any atom is -0.467 e. The monoisotopic (exact) mass is 213 g/mol. The second-order valence-electron chi connectivity index (χ2n) is 2.78. The number of ether oxygens (including phenoxy) is 1. The number of nitrogens with zero attached hydrogens (tertiary/aromatic N) is 4. The average Bonchev–Trinajstić information content (AvgIpc) is 2.24. The number of nitrogens with two attached hydrogens (primary N) is 1. The molecule has 0 aromatic carbocycles. The first-order valence-corrected chi connectivity index (χ1v) is 4.62. The quantitative estimate of drug-likeness (QED) is 0.666. The average molecular weight is 213 g/mol. The van der Waals surface area contributed by atoms with Crippen molar-refractivity contribution >= 4 is 11.9 Å². The van der Waals surface area contributed by atoms with Gasteiger partial charge in [0.1, 0.15) is 0 Å². The van der Waals surface area contributed by atoms with Crippen LogP contribution in [0.3, 0.4) is 0 Å². The van der Waals surface area contributed by atoms with E-state index in [0.717, 1.165) is 0 Å². The maximum Gasteiger partial charge on any atom is 0.322 e. The van der Waals surface area contributed by atoms with Gasteiger partial charge in [-0.15, -0.1) is 0 Å². The highest BCUT2D eigenvalue weighted by atomic mass is 16.5. The van der Waals surface area contributed by atoms with Gasteiger partial charge in [0.05, 0.1) is 13.7 Å². The highest BCUT2D eigenvalue weighted by Gasteiger charge is 2.10. The second-order valence-corrected chi connectivity index (χ2v) is 2.78. The molecule has 1 heterocycles. The van der Waals surface area contributed by atoms with Crippen molar-refractivity contribution in [2.75, 3.05) is 37.4 Å². The van der Waals surface area contributed by atoms with Crippen molar-refractivity contribution < 1.29 is 9.84 Å². The lowest BCUT2D eigenvalue weighted by Crippen LogP contribution is -2.28. The molecule has 0 atom stereocenters. The Hall–Kier alpha value is -1.63. The zero-order chi connectivity index (χ0) is 11.3. The number of aliphatic hydroxyl groups excluding tert-OH is 1. The Morgan fingerprint density at radius 3 is 2.67 bits per heavy atom. The fraction of sp³-hybridized carbons (Fsp3) is 0.625. The van der Waals surface area contributed by atoms with Gasteiger partial charge in [-0.25, -0.2) is 0 Å². The van der Waals surface area contributed by atoms with E-state index in [-0.39, 0.29) is 18.6 Å². The highest BCUT2D eigenvalue weighted by molar-refractivity contribution is 5.35. The molecule has 1 rings (SSSR count). The molecular formula is C8H15N5O2. The molecule has 1 aromatic heterocycles. The molecule has 7 nitrogen and oxygen atoms in total. The summed E-state index contributed by atoms with van der Waals surface area (Å²) >= 11 is 0. The van der Waals surface area contributed by atoms with Gasteiger partial charge in [-0.3, -0.25) is 0 Å². The molecule has 0 saturated carbocycles. The fourth-order valence-electron chi connectivity index (χ4n) is 1.11. The molecular weight excluding hydrogens is 198 g/mol. The molecule has 84 valence electrons. The third-order valence-electron chi connectivity index (χ3n) is 1.84. The van der Waals surface area contributed by atoms with E-state index >= 15 is 0 Å². The maximum atomic E-state index is 8.85. The number of hydrogen-bond acceptors (Lipinski definition) is 7. The van der Waals surface area contributed by atoms with E-state index in [2.05, 4.69) is 15.0 Å². The van der Waals surface area contributed by atoms with Gasteiger partial charge in [-0.05, 0) is 6.92 Å². The third-order valence-corrected chi connectivity index (χ3v) is 1.84. The van der Waals surface area contributed by atoms with E-state index in [4.69, 9.17) is 15.6 Å². The van der Waals surface area contributed by atoms with Crippen molar-refractivity contribution in [1.82, 2.24) is 15.0 Å². The van der Waals surface area contributed by atoms with Crippen molar-refractivity contribution in [1.29, 1.82) is 0 Å². The number of methoxy groups -OCH3 is 1. The first kappa shape index (κ1) is 11.4. The summed E-state index contributed by atoms with van der Waals surface area (Å²) in [5.74, 6) is 0.518. The Bertz CT molecular complexity index is 320. The SMILES string of the molecule is CCN(CCO)c1nc(N)nc(OC)n1. The van der Waals surface area contributed by atoms with E-state index in [1.54, 1.807) is 4.90 Å². The van der Waals surface area contributed by atoms with Crippen LogP contribution in [-0.4, -0.2) is 46.9 Å². The molecule has 0 saturated heterocycles. The van der Waals surface area contributed by atoms with Gasteiger partial charge in [0, 0.05) is 13.1 Å². The van der Waals surface area contributed by atoms with Gasteiger partial charge in [-0.1, -0.05) is 0 Å². The molecule has 0 spiro atoms. The summed E-state index contributed by atoms with van der Waals surface area (Å²) in [6.07, 6.45) is 0. The van der Waals surface area contributed by atoms with Crippen LogP contribution < -0.4 is 15.4 Å². The summed E-state index contributed by atoms with van der Waals surface area (Å²) < 4.78 is 4.88. The minimum absolute atomic E-state index is 0.0295. The summed E-state index contributed by atoms with van der Waals surface area (Å²) in [6, 6.07) is 0.175. The van der Waals surface area contributed by atoms with E-state index in [1.807, 2.05) is 6.92 Å². The Balaban J connectivity index is 2.95. The molecule has 0 aliphatic carbocycles. The number of hydrogen-bond donors (Lipinski definition) is 2. The smallest absolute Gasteiger partial charge is 0.322 e. The van der Waals surface area contributed by atoms with Crippen molar-refractivity contribution in [3.05, 3.63) is 0 Å². The maximum absolute atomic E-state index is 8.85. The molecule has 0 aliphatic heterocycles. The van der Waals surface area contributed by atoms with E-state index in [9.17, 15) is 0 Å². The second kappa shape index (κ2) is 5.30. The van der Waals surface area contributed by atoms with E-state index in [1.165, 1.54) is 7.11 Å². The van der Waals surface area contributed by atoms with Gasteiger partial charge >= 0.3 is 6.01 Å². The molecule has 0 fully saturated rings. The van der Waals surface area contributed by atoms with E-state index < -0.39 is 0 Å². The van der Waals surface area contributed by atoms with Crippen LogP contribution in [0.1, 0.15) is 6.92 Å². The molecule has 0 aliphatic rings. The van der Waals surface area contributed by atoms with Crippen molar-refractivity contribution in [2.45, 2.75) is 6.92 Å². The summed E-state index contributed by atoms with van der Waals surface area (Å²) in [7, 11) is 1.46. The van der Waals surface area contributed by atoms with Crippen LogP contribution in [0.15, 0.2) is 0 Å². The number of likely N-dealkylation sites (N-methyl/N-ethyl adjacent to an activating group) is 1. The number of nitrogen functional groups attached to an aromatic ring is 1. The minimum atomic E-state index is 0.0295. The van der Waals surface area contributed by atoms with Crippen LogP contribution in [0.5, 0.6) is 6.01 Å². The van der Waals surface area contributed by atoms with Crippen molar-refractivity contribution in [3.8, 4) is 6.01 Å². The first-order valence-electron chi connectivity index (χ1n) is 4.62. The molecule has 0 amide bonds. The Morgan fingerprint density at radius 2 is 2.13 bits per heavy atom. The number of aliphatic hydroxyl groups is 1. The van der Waals surface area contributed by atoms with Gasteiger partial charge < -0.3 is 20.5 Å². The van der Waals surface area contributed by atoms with Crippen molar-refractivity contribution in [3.63, 3.8) is 0 Å². The fourth-order valence-corrected chi connectivity index (χ4v) is 1.11. The standard InChI is InChI=1S/C8H15N5O2/c1-3-13(4-5-14)7-10-6(9)11-8(12-7)15-2/h14H,3-5H2,1-2H3,(H2,9,10,11,12). The Kier molecular flexibility index (Phi) is 4.04. The van der Waals surface area contributed by atoms with Gasteiger partial charge in [0.15, 0.2) is 0 Å². The van der Waals surface area contributed by atoms with Gasteiger partial charge in [-0.2, -0.15) is 15.0 Å². The lowest BCUT2D eigenvalue weighted by atomic mass is 10.5. The number of rotatable bonds is 5. The zero-order valence-electron chi connectivity index (χ0n) is 8.84. The van der Waals surface area contributed by atoms with Gasteiger partial charge in [0.25, 0.3) is 0 Å². The zero-order valence-corrected chi connectivity index (χ0v) is 8.84. The summed E-state index contributed by atoms with van der Waals surface area (Å²) in [4.78, 5) is 13.5. The van der Waals surface area contributed by atoms with Crippen LogP contribution in [0, 0.1) is 0 Å². The summed E-state index contributed by atoms with van der Waals surface area (Å²) in [6.45, 7) is 3.08. The van der Waals surface area contributed by atoms with Crippen molar-refractivity contribution in [2.24, 2.45) is 0 Å². The van der Waals surface area contributed by atoms with Crippen LogP contribution >= 0.6 is 0 Å². The van der Waals surface area contributed by atoms with Gasteiger partial charge in [0.2, 0.25) is 11.9 Å². The van der Waals surface area contributed by atoms with Crippen LogP contribution in [-0.2, 0) is 0 Å². The Morgan fingerprint density at radius 1 is 1.40 bits per heavy atom. The normalized spacial score (nSPS) is 10.1. The Labute approximate surface area is 87.9 Å². The predicted molar refractivity (Wildman–Crippen MR) is 55.8 cm³/mol. The first-order chi connectivity index (χ1) is 7.21. The third kappa shape index (κ3) is 2.91. The molecule has 0 unspecified atom stereocenters.